The number of likely N-dealkylation sites (tertiary alicyclic amines) is 1. The SMILES string of the molecule is Cc1ccc(N=C2C(=O)N(CN3CCCC3)c3ccccc32)cc1Br. The predicted octanol–water partition coefficient (Wildman–Crippen LogP) is 4.28. The van der Waals surface area contributed by atoms with E-state index in [-0.39, 0.29) is 5.91 Å². The second-order valence-electron chi connectivity index (χ2n) is 6.61. The van der Waals surface area contributed by atoms with Gasteiger partial charge < -0.3 is 0 Å². The molecule has 0 atom stereocenters. The van der Waals surface area contributed by atoms with Crippen molar-refractivity contribution in [1.29, 1.82) is 0 Å². The van der Waals surface area contributed by atoms with E-state index in [1.165, 1.54) is 12.8 Å². The monoisotopic (exact) mass is 397 g/mol. The molecule has 2 heterocycles. The molecule has 0 saturated carbocycles. The van der Waals surface area contributed by atoms with Crippen molar-refractivity contribution in [2.24, 2.45) is 4.99 Å². The fourth-order valence-electron chi connectivity index (χ4n) is 3.41. The molecule has 1 fully saturated rings. The average Bonchev–Trinajstić information content (AvgIpc) is 3.21. The summed E-state index contributed by atoms with van der Waals surface area (Å²) in [6.07, 6.45) is 2.42. The molecule has 5 heteroatoms. The fourth-order valence-corrected chi connectivity index (χ4v) is 3.78. The van der Waals surface area contributed by atoms with Crippen LogP contribution >= 0.6 is 15.9 Å². The lowest BCUT2D eigenvalue weighted by Gasteiger charge is -2.23. The third kappa shape index (κ3) is 3.14. The van der Waals surface area contributed by atoms with E-state index in [0.717, 1.165) is 40.1 Å². The molecule has 128 valence electrons. The minimum absolute atomic E-state index is 0.00945. The summed E-state index contributed by atoms with van der Waals surface area (Å²) >= 11 is 3.54. The van der Waals surface area contributed by atoms with Crippen LogP contribution in [0.15, 0.2) is 51.9 Å². The number of anilines is 1. The minimum atomic E-state index is -0.00945. The number of benzene rings is 2. The number of carbonyl (C=O) groups excluding carboxylic acids is 1. The molecule has 0 unspecified atom stereocenters. The Labute approximate surface area is 156 Å². The minimum Gasteiger partial charge on any atom is -0.293 e. The molecule has 2 aromatic rings. The maximum absolute atomic E-state index is 13.1. The highest BCUT2D eigenvalue weighted by Crippen LogP contribution is 2.32. The zero-order valence-corrected chi connectivity index (χ0v) is 15.8. The van der Waals surface area contributed by atoms with Gasteiger partial charge in [0.05, 0.1) is 18.0 Å². The molecule has 0 bridgehead atoms. The maximum atomic E-state index is 13.1. The van der Waals surface area contributed by atoms with E-state index in [1.54, 1.807) is 0 Å². The van der Waals surface area contributed by atoms with Gasteiger partial charge in [-0.15, -0.1) is 0 Å². The van der Waals surface area contributed by atoms with Crippen molar-refractivity contribution in [3.8, 4) is 0 Å². The molecular formula is C20H20BrN3O. The smallest absolute Gasteiger partial charge is 0.278 e. The van der Waals surface area contributed by atoms with Gasteiger partial charge in [-0.3, -0.25) is 14.6 Å². The van der Waals surface area contributed by atoms with Crippen LogP contribution < -0.4 is 4.90 Å². The normalized spacial score (nSPS) is 19.0. The first-order valence-electron chi connectivity index (χ1n) is 8.62. The summed E-state index contributed by atoms with van der Waals surface area (Å²) in [7, 11) is 0. The van der Waals surface area contributed by atoms with Gasteiger partial charge in [0.1, 0.15) is 5.71 Å². The summed E-state index contributed by atoms with van der Waals surface area (Å²) in [6, 6.07) is 13.9. The number of amides is 1. The van der Waals surface area contributed by atoms with Crippen LogP contribution in [-0.4, -0.2) is 36.3 Å². The summed E-state index contributed by atoms with van der Waals surface area (Å²) in [5, 5.41) is 0. The molecule has 0 radical (unpaired) electrons. The number of nitrogens with zero attached hydrogens (tertiary/aromatic N) is 3. The largest absolute Gasteiger partial charge is 0.293 e. The third-order valence-corrected chi connectivity index (χ3v) is 5.69. The van der Waals surface area contributed by atoms with Crippen molar-refractivity contribution in [2.45, 2.75) is 19.8 Å². The van der Waals surface area contributed by atoms with Crippen LogP contribution in [0.5, 0.6) is 0 Å². The van der Waals surface area contributed by atoms with E-state index in [4.69, 9.17) is 0 Å². The number of hydrogen-bond donors (Lipinski definition) is 0. The van der Waals surface area contributed by atoms with E-state index < -0.39 is 0 Å². The molecule has 0 N–H and O–H groups in total. The summed E-state index contributed by atoms with van der Waals surface area (Å²) in [5.74, 6) is -0.00945. The van der Waals surface area contributed by atoms with Crippen molar-refractivity contribution in [3.63, 3.8) is 0 Å². The Kier molecular flexibility index (Phi) is 4.44. The molecule has 0 aromatic heterocycles. The highest BCUT2D eigenvalue weighted by molar-refractivity contribution is 9.10. The van der Waals surface area contributed by atoms with Crippen LogP contribution in [0.3, 0.4) is 0 Å². The van der Waals surface area contributed by atoms with Gasteiger partial charge in [0.25, 0.3) is 5.91 Å². The van der Waals surface area contributed by atoms with Crippen LogP contribution in [0.25, 0.3) is 0 Å². The van der Waals surface area contributed by atoms with Gasteiger partial charge in [-0.25, -0.2) is 4.99 Å². The van der Waals surface area contributed by atoms with Crippen molar-refractivity contribution in [2.75, 3.05) is 24.7 Å². The number of halogens is 1. The second kappa shape index (κ2) is 6.73. The van der Waals surface area contributed by atoms with E-state index in [2.05, 4.69) is 25.8 Å². The van der Waals surface area contributed by atoms with Gasteiger partial charge in [0.15, 0.2) is 0 Å². The number of fused-ring (bicyclic) bond motifs is 1. The Hall–Kier alpha value is -1.98. The predicted molar refractivity (Wildman–Crippen MR) is 105 cm³/mol. The number of para-hydroxylation sites is 1. The van der Waals surface area contributed by atoms with Crippen molar-refractivity contribution < 1.29 is 4.79 Å². The van der Waals surface area contributed by atoms with Gasteiger partial charge >= 0.3 is 0 Å². The summed E-state index contributed by atoms with van der Waals surface area (Å²) < 4.78 is 1.00. The Bertz CT molecular complexity index is 856. The quantitative estimate of drug-likeness (QED) is 0.774. The lowest BCUT2D eigenvalue weighted by Crippen LogP contribution is -2.39. The highest BCUT2D eigenvalue weighted by Gasteiger charge is 2.34. The Balaban J connectivity index is 1.71. The molecule has 1 amide bonds. The van der Waals surface area contributed by atoms with E-state index in [1.807, 2.05) is 54.3 Å². The molecular weight excluding hydrogens is 378 g/mol. The molecule has 0 spiro atoms. The van der Waals surface area contributed by atoms with Gasteiger partial charge in [-0.1, -0.05) is 40.2 Å². The van der Waals surface area contributed by atoms with Crippen LogP contribution in [0.2, 0.25) is 0 Å². The van der Waals surface area contributed by atoms with Gasteiger partial charge in [-0.2, -0.15) is 0 Å². The van der Waals surface area contributed by atoms with Crippen LogP contribution in [0.1, 0.15) is 24.0 Å². The molecule has 2 aromatic carbocycles. The second-order valence-corrected chi connectivity index (χ2v) is 7.47. The fraction of sp³-hybridized carbons (Fsp3) is 0.300. The van der Waals surface area contributed by atoms with Crippen LogP contribution in [0.4, 0.5) is 11.4 Å². The summed E-state index contributed by atoms with van der Waals surface area (Å²) in [5.41, 5.74) is 4.36. The topological polar surface area (TPSA) is 35.9 Å². The van der Waals surface area contributed by atoms with Crippen LogP contribution in [-0.2, 0) is 4.79 Å². The first-order chi connectivity index (χ1) is 12.1. The third-order valence-electron chi connectivity index (χ3n) is 4.83. The van der Waals surface area contributed by atoms with Crippen LogP contribution in [0, 0.1) is 6.92 Å². The molecule has 25 heavy (non-hydrogen) atoms. The number of rotatable bonds is 3. The van der Waals surface area contributed by atoms with Crippen molar-refractivity contribution in [1.82, 2.24) is 4.90 Å². The molecule has 4 rings (SSSR count). The molecule has 4 nitrogen and oxygen atoms in total. The Morgan fingerprint density at radius 1 is 1.12 bits per heavy atom. The summed E-state index contributed by atoms with van der Waals surface area (Å²) in [6.45, 7) is 4.80. The number of hydrogen-bond acceptors (Lipinski definition) is 3. The molecule has 2 aliphatic heterocycles. The number of aliphatic imine (C=N–C) groups is 1. The van der Waals surface area contributed by atoms with Gasteiger partial charge in [-0.05, 0) is 56.6 Å². The highest BCUT2D eigenvalue weighted by atomic mass is 79.9. The van der Waals surface area contributed by atoms with E-state index in [0.29, 0.717) is 12.4 Å². The molecule has 2 aliphatic rings. The van der Waals surface area contributed by atoms with Gasteiger partial charge in [0.2, 0.25) is 0 Å². The zero-order valence-electron chi connectivity index (χ0n) is 14.2. The van der Waals surface area contributed by atoms with E-state index >= 15 is 0 Å². The number of aryl methyl sites for hydroxylation is 1. The lowest BCUT2D eigenvalue weighted by atomic mass is 10.1. The zero-order chi connectivity index (χ0) is 17.4. The standard InChI is InChI=1S/C20H20BrN3O/c1-14-8-9-15(12-17(14)21)22-19-16-6-2-3-7-18(16)24(20(19)25)13-23-10-4-5-11-23/h2-3,6-9,12H,4-5,10-11,13H2,1H3. The first kappa shape index (κ1) is 16.5. The summed E-state index contributed by atoms with van der Waals surface area (Å²) in [4.78, 5) is 21.9. The lowest BCUT2D eigenvalue weighted by molar-refractivity contribution is -0.112. The van der Waals surface area contributed by atoms with Crippen molar-refractivity contribution in [3.05, 3.63) is 58.1 Å². The molecule has 0 aliphatic carbocycles. The van der Waals surface area contributed by atoms with E-state index in [9.17, 15) is 4.79 Å². The molecule has 1 saturated heterocycles. The Morgan fingerprint density at radius 2 is 1.88 bits per heavy atom. The van der Waals surface area contributed by atoms with Crippen molar-refractivity contribution >= 4 is 38.9 Å². The van der Waals surface area contributed by atoms with Gasteiger partial charge in [0, 0.05) is 10.0 Å². The maximum Gasteiger partial charge on any atom is 0.278 e. The average molecular weight is 398 g/mol. The first-order valence-corrected chi connectivity index (χ1v) is 9.41. The number of carbonyl (C=O) groups is 1. The Morgan fingerprint density at radius 3 is 2.64 bits per heavy atom.